The predicted octanol–water partition coefficient (Wildman–Crippen LogP) is 0.0182. The van der Waals surface area contributed by atoms with Crippen molar-refractivity contribution < 1.29 is 9.63 Å². The Morgan fingerprint density at radius 2 is 2.20 bits per heavy atom. The SMILES string of the molecule is O=C1CN2C=CC=CN2O1. The molecule has 10 heavy (non-hydrogen) atoms. The van der Waals surface area contributed by atoms with Crippen LogP contribution in [0.1, 0.15) is 0 Å². The van der Waals surface area contributed by atoms with Gasteiger partial charge >= 0.3 is 5.97 Å². The van der Waals surface area contributed by atoms with Crippen LogP contribution in [0.5, 0.6) is 0 Å². The van der Waals surface area contributed by atoms with Gasteiger partial charge in [-0.3, -0.25) is 0 Å². The molecular weight excluding hydrogens is 132 g/mol. The molecule has 1 fully saturated rings. The summed E-state index contributed by atoms with van der Waals surface area (Å²) in [6.07, 6.45) is 7.11. The molecule has 0 aromatic carbocycles. The molecule has 0 radical (unpaired) electrons. The van der Waals surface area contributed by atoms with Crippen LogP contribution in [0.3, 0.4) is 0 Å². The van der Waals surface area contributed by atoms with Crippen molar-refractivity contribution in [2.45, 2.75) is 0 Å². The second-order valence-corrected chi connectivity index (χ2v) is 2.05. The number of hydrogen-bond acceptors (Lipinski definition) is 4. The lowest BCUT2D eigenvalue weighted by Crippen LogP contribution is -2.27. The topological polar surface area (TPSA) is 32.8 Å². The summed E-state index contributed by atoms with van der Waals surface area (Å²) in [5.41, 5.74) is 0. The Morgan fingerprint density at radius 3 is 3.00 bits per heavy atom. The van der Waals surface area contributed by atoms with Crippen molar-refractivity contribution in [3.8, 4) is 0 Å². The van der Waals surface area contributed by atoms with Crippen LogP contribution in [0.25, 0.3) is 0 Å². The van der Waals surface area contributed by atoms with Crippen LogP contribution in [0.2, 0.25) is 0 Å². The van der Waals surface area contributed by atoms with E-state index in [-0.39, 0.29) is 5.97 Å². The number of hydroxylamine groups is 1. The molecule has 0 atom stereocenters. The lowest BCUT2D eigenvalue weighted by Gasteiger charge is -2.21. The molecule has 2 aliphatic rings. The zero-order chi connectivity index (χ0) is 6.97. The third kappa shape index (κ3) is 0.655. The Balaban J connectivity index is 2.22. The van der Waals surface area contributed by atoms with Gasteiger partial charge in [0, 0.05) is 6.20 Å². The van der Waals surface area contributed by atoms with Crippen molar-refractivity contribution in [3.05, 3.63) is 24.6 Å². The van der Waals surface area contributed by atoms with Gasteiger partial charge in [0.15, 0.2) is 0 Å². The molecule has 0 aromatic heterocycles. The van der Waals surface area contributed by atoms with E-state index >= 15 is 0 Å². The first kappa shape index (κ1) is 5.34. The highest BCUT2D eigenvalue weighted by Gasteiger charge is 2.25. The van der Waals surface area contributed by atoms with Crippen molar-refractivity contribution in [1.29, 1.82) is 0 Å². The molecule has 0 bridgehead atoms. The number of carbonyl (C=O) groups excluding carboxylic acids is 1. The number of hydrazine groups is 1. The van der Waals surface area contributed by atoms with Crippen LogP contribution >= 0.6 is 0 Å². The number of fused-ring (bicyclic) bond motifs is 1. The Kier molecular flexibility index (Phi) is 0.943. The van der Waals surface area contributed by atoms with Crippen molar-refractivity contribution in [2.75, 3.05) is 6.54 Å². The molecule has 0 unspecified atom stereocenters. The van der Waals surface area contributed by atoms with Gasteiger partial charge in [-0.2, -0.15) is 0 Å². The third-order valence-electron chi connectivity index (χ3n) is 1.32. The van der Waals surface area contributed by atoms with Gasteiger partial charge in [0.25, 0.3) is 0 Å². The maximum Gasteiger partial charge on any atom is 0.356 e. The van der Waals surface area contributed by atoms with Crippen molar-refractivity contribution >= 4 is 5.97 Å². The molecule has 2 rings (SSSR count). The van der Waals surface area contributed by atoms with Gasteiger partial charge in [-0.05, 0) is 12.2 Å². The van der Waals surface area contributed by atoms with E-state index in [9.17, 15) is 4.79 Å². The fourth-order valence-corrected chi connectivity index (χ4v) is 0.894. The summed E-state index contributed by atoms with van der Waals surface area (Å²) >= 11 is 0. The fraction of sp³-hybridized carbons (Fsp3) is 0.167. The maximum atomic E-state index is 10.6. The molecule has 0 aliphatic carbocycles. The van der Waals surface area contributed by atoms with Crippen LogP contribution in [0.15, 0.2) is 24.6 Å². The number of nitrogens with zero attached hydrogens (tertiary/aromatic N) is 2. The van der Waals surface area contributed by atoms with Crippen LogP contribution < -0.4 is 0 Å². The highest BCUT2D eigenvalue weighted by Crippen LogP contribution is 2.13. The molecule has 52 valence electrons. The normalized spacial score (nSPS) is 21.4. The minimum absolute atomic E-state index is 0.226. The van der Waals surface area contributed by atoms with Gasteiger partial charge in [0.2, 0.25) is 0 Å². The number of rotatable bonds is 0. The predicted molar refractivity (Wildman–Crippen MR) is 32.9 cm³/mol. The van der Waals surface area contributed by atoms with E-state index in [4.69, 9.17) is 4.84 Å². The van der Waals surface area contributed by atoms with E-state index in [1.807, 2.05) is 6.08 Å². The second-order valence-electron chi connectivity index (χ2n) is 2.05. The molecule has 4 heteroatoms. The van der Waals surface area contributed by atoms with Crippen LogP contribution in [0.4, 0.5) is 0 Å². The molecule has 0 aromatic rings. The zero-order valence-electron chi connectivity index (χ0n) is 5.23. The quantitative estimate of drug-likeness (QED) is 0.472. The first-order chi connectivity index (χ1) is 4.86. The molecule has 2 aliphatic heterocycles. The summed E-state index contributed by atoms with van der Waals surface area (Å²) in [6, 6.07) is 0. The Bertz CT molecular complexity index is 200. The molecule has 0 N–H and O–H groups in total. The minimum Gasteiger partial charge on any atom is -0.319 e. The Hall–Kier alpha value is -1.45. The molecule has 2 heterocycles. The van der Waals surface area contributed by atoms with Gasteiger partial charge in [-0.25, -0.2) is 9.80 Å². The summed E-state index contributed by atoms with van der Waals surface area (Å²) in [5, 5.41) is 3.09. The van der Waals surface area contributed by atoms with Gasteiger partial charge in [0.1, 0.15) is 6.54 Å². The summed E-state index contributed by atoms with van der Waals surface area (Å²) < 4.78 is 0. The largest absolute Gasteiger partial charge is 0.356 e. The lowest BCUT2D eigenvalue weighted by molar-refractivity contribution is -0.183. The van der Waals surface area contributed by atoms with E-state index in [0.29, 0.717) is 6.54 Å². The first-order valence-corrected chi connectivity index (χ1v) is 2.98. The van der Waals surface area contributed by atoms with E-state index in [1.165, 1.54) is 5.17 Å². The zero-order valence-corrected chi connectivity index (χ0v) is 5.23. The van der Waals surface area contributed by atoms with Crippen molar-refractivity contribution in [2.24, 2.45) is 0 Å². The molecule has 0 spiro atoms. The standard InChI is InChI=1S/C6H6N2O2/c9-6-5-7-3-1-2-4-8(7)10-6/h1-4H,5H2. The Labute approximate surface area is 57.9 Å². The lowest BCUT2D eigenvalue weighted by atomic mass is 10.5. The maximum absolute atomic E-state index is 10.6. The van der Waals surface area contributed by atoms with E-state index in [2.05, 4.69) is 0 Å². The highest BCUT2D eigenvalue weighted by molar-refractivity contribution is 5.72. The second kappa shape index (κ2) is 1.76. The molecule has 0 saturated carbocycles. The fourth-order valence-electron chi connectivity index (χ4n) is 0.894. The average Bonchev–Trinajstić information content (AvgIpc) is 2.27. The van der Waals surface area contributed by atoms with Crippen LogP contribution in [-0.4, -0.2) is 22.7 Å². The van der Waals surface area contributed by atoms with E-state index in [1.54, 1.807) is 23.5 Å². The number of carbonyl (C=O) groups is 1. The number of hydrogen-bond donors (Lipinski definition) is 0. The van der Waals surface area contributed by atoms with E-state index < -0.39 is 0 Å². The highest BCUT2D eigenvalue weighted by atomic mass is 16.8. The van der Waals surface area contributed by atoms with Gasteiger partial charge in [-0.1, -0.05) is 0 Å². The Morgan fingerprint density at radius 1 is 1.40 bits per heavy atom. The van der Waals surface area contributed by atoms with Gasteiger partial charge in [-0.15, -0.1) is 5.17 Å². The minimum atomic E-state index is -0.226. The molecule has 4 nitrogen and oxygen atoms in total. The monoisotopic (exact) mass is 138 g/mol. The van der Waals surface area contributed by atoms with Crippen molar-refractivity contribution in [3.63, 3.8) is 0 Å². The molecule has 1 saturated heterocycles. The summed E-state index contributed by atoms with van der Waals surface area (Å²) in [7, 11) is 0. The summed E-state index contributed by atoms with van der Waals surface area (Å²) in [4.78, 5) is 15.4. The third-order valence-corrected chi connectivity index (χ3v) is 1.32. The molecule has 0 amide bonds. The van der Waals surface area contributed by atoms with Crippen LogP contribution in [0, 0.1) is 0 Å². The first-order valence-electron chi connectivity index (χ1n) is 2.98. The molecular formula is C6H6N2O2. The van der Waals surface area contributed by atoms with E-state index in [0.717, 1.165) is 0 Å². The van der Waals surface area contributed by atoms with Gasteiger partial charge in [0.05, 0.1) is 6.20 Å². The van der Waals surface area contributed by atoms with Crippen LogP contribution in [-0.2, 0) is 9.63 Å². The number of allylic oxidation sites excluding steroid dienone is 2. The summed E-state index contributed by atoms with van der Waals surface area (Å²) in [6.45, 7) is 0.306. The van der Waals surface area contributed by atoms with Crippen molar-refractivity contribution in [1.82, 2.24) is 10.2 Å². The smallest absolute Gasteiger partial charge is 0.319 e. The summed E-state index contributed by atoms with van der Waals surface area (Å²) in [5.74, 6) is -0.226. The average molecular weight is 138 g/mol. The van der Waals surface area contributed by atoms with Gasteiger partial charge < -0.3 is 4.84 Å².